The molecular formula is C15H24F3IN4OS. The number of halogens is 4. The van der Waals surface area contributed by atoms with E-state index in [1.807, 2.05) is 11.9 Å². The Kier molecular flexibility index (Phi) is 9.43. The predicted molar refractivity (Wildman–Crippen MR) is 104 cm³/mol. The highest BCUT2D eigenvalue weighted by Crippen LogP contribution is 2.29. The maximum atomic E-state index is 12.6. The number of rotatable bonds is 5. The van der Waals surface area contributed by atoms with E-state index in [0.29, 0.717) is 16.9 Å². The molecule has 0 spiro atoms. The van der Waals surface area contributed by atoms with Crippen LogP contribution in [0.5, 0.6) is 0 Å². The lowest BCUT2D eigenvalue weighted by Crippen LogP contribution is -2.39. The Balaban J connectivity index is 0.00000312. The second-order valence-corrected chi connectivity index (χ2v) is 6.73. The first-order valence-corrected chi connectivity index (χ1v) is 8.79. The molecule has 1 aromatic heterocycles. The first-order valence-electron chi connectivity index (χ1n) is 7.91. The van der Waals surface area contributed by atoms with Gasteiger partial charge in [0.1, 0.15) is 5.01 Å². The fraction of sp³-hybridized carbons (Fsp3) is 0.733. The van der Waals surface area contributed by atoms with Gasteiger partial charge in [0, 0.05) is 39.2 Å². The van der Waals surface area contributed by atoms with E-state index in [1.165, 1.54) is 0 Å². The van der Waals surface area contributed by atoms with Crippen molar-refractivity contribution in [2.24, 2.45) is 10.9 Å². The van der Waals surface area contributed by atoms with Crippen molar-refractivity contribution < 1.29 is 17.9 Å². The third kappa shape index (κ3) is 7.26. The summed E-state index contributed by atoms with van der Waals surface area (Å²) in [5.41, 5.74) is -0.841. The van der Waals surface area contributed by atoms with Crippen molar-refractivity contribution >= 4 is 41.3 Å². The first-order chi connectivity index (χ1) is 11.4. The molecule has 1 aliphatic heterocycles. The standard InChI is InChI=1S/C15H23F3N4OS.HI/c1-19-14(22(2)6-3-11-4-7-23-8-5-11)20-9-13-21-12(10-24-13)15(16,17)18;/h10-11H,3-9H2,1-2H3,(H,19,20);1H. The van der Waals surface area contributed by atoms with Gasteiger partial charge < -0.3 is 15.0 Å². The van der Waals surface area contributed by atoms with Crippen molar-refractivity contribution in [3.05, 3.63) is 16.1 Å². The quantitative estimate of drug-likeness (QED) is 0.388. The van der Waals surface area contributed by atoms with Crippen molar-refractivity contribution in [2.45, 2.75) is 32.0 Å². The van der Waals surface area contributed by atoms with Crippen molar-refractivity contribution in [1.82, 2.24) is 15.2 Å². The number of alkyl halides is 3. The van der Waals surface area contributed by atoms with E-state index in [9.17, 15) is 13.2 Å². The molecule has 2 heterocycles. The normalized spacial score (nSPS) is 16.4. The average Bonchev–Trinajstić information content (AvgIpc) is 3.04. The summed E-state index contributed by atoms with van der Waals surface area (Å²) in [5, 5.41) is 4.50. The summed E-state index contributed by atoms with van der Waals surface area (Å²) in [4.78, 5) is 9.79. The summed E-state index contributed by atoms with van der Waals surface area (Å²) in [6, 6.07) is 0. The molecule has 10 heteroatoms. The van der Waals surface area contributed by atoms with Crippen molar-refractivity contribution in [3.8, 4) is 0 Å². The summed E-state index contributed by atoms with van der Waals surface area (Å²) >= 11 is 0.996. The maximum absolute atomic E-state index is 12.6. The molecule has 144 valence electrons. The van der Waals surface area contributed by atoms with Crippen LogP contribution < -0.4 is 5.32 Å². The third-order valence-corrected chi connectivity index (χ3v) is 4.88. The van der Waals surface area contributed by atoms with Gasteiger partial charge in [-0.15, -0.1) is 35.3 Å². The lowest BCUT2D eigenvalue weighted by molar-refractivity contribution is -0.140. The van der Waals surface area contributed by atoms with Crippen LogP contribution in [0.25, 0.3) is 0 Å². The molecule has 0 aromatic carbocycles. The van der Waals surface area contributed by atoms with Crippen LogP contribution in [0.2, 0.25) is 0 Å². The summed E-state index contributed by atoms with van der Waals surface area (Å²) in [6.07, 6.45) is -1.18. The largest absolute Gasteiger partial charge is 0.434 e. The fourth-order valence-corrected chi connectivity index (χ4v) is 3.32. The Bertz CT molecular complexity index is 547. The summed E-state index contributed by atoms with van der Waals surface area (Å²) < 4.78 is 43.0. The number of aliphatic imine (C=N–C) groups is 1. The average molecular weight is 492 g/mol. The molecule has 0 saturated carbocycles. The van der Waals surface area contributed by atoms with Crippen LogP contribution in [0, 0.1) is 5.92 Å². The van der Waals surface area contributed by atoms with Crippen LogP contribution in [0.1, 0.15) is 30.0 Å². The summed E-state index contributed by atoms with van der Waals surface area (Å²) in [5.74, 6) is 1.32. The van der Waals surface area contributed by atoms with Gasteiger partial charge in [-0.2, -0.15) is 13.2 Å². The molecular weight excluding hydrogens is 468 g/mol. The minimum Gasteiger partial charge on any atom is -0.381 e. The molecule has 1 N–H and O–H groups in total. The van der Waals surface area contributed by atoms with Crippen molar-refractivity contribution in [1.29, 1.82) is 0 Å². The molecule has 0 bridgehead atoms. The van der Waals surface area contributed by atoms with Gasteiger partial charge in [0.05, 0.1) is 6.54 Å². The van der Waals surface area contributed by atoms with E-state index in [2.05, 4.69) is 15.3 Å². The molecule has 1 aromatic rings. The van der Waals surface area contributed by atoms with Gasteiger partial charge in [0.25, 0.3) is 0 Å². The van der Waals surface area contributed by atoms with Gasteiger partial charge in [-0.05, 0) is 25.2 Å². The van der Waals surface area contributed by atoms with Gasteiger partial charge in [-0.25, -0.2) is 4.98 Å². The molecule has 0 radical (unpaired) electrons. The topological polar surface area (TPSA) is 49.8 Å². The monoisotopic (exact) mass is 492 g/mol. The molecule has 1 fully saturated rings. The Morgan fingerprint density at radius 3 is 2.68 bits per heavy atom. The van der Waals surface area contributed by atoms with Gasteiger partial charge in [0.2, 0.25) is 0 Å². The number of ether oxygens (including phenoxy) is 1. The number of nitrogens with zero attached hydrogens (tertiary/aromatic N) is 3. The van der Waals surface area contributed by atoms with Crippen LogP contribution in [-0.2, 0) is 17.5 Å². The second kappa shape index (κ2) is 10.5. The molecule has 0 aliphatic carbocycles. The third-order valence-electron chi connectivity index (χ3n) is 4.03. The van der Waals surface area contributed by atoms with Crippen molar-refractivity contribution in [3.63, 3.8) is 0 Å². The van der Waals surface area contributed by atoms with Crippen LogP contribution >= 0.6 is 35.3 Å². The Morgan fingerprint density at radius 2 is 2.12 bits per heavy atom. The van der Waals surface area contributed by atoms with Crippen LogP contribution in [-0.4, -0.2) is 49.7 Å². The Hall–Kier alpha value is -0.620. The molecule has 1 saturated heterocycles. The zero-order valence-corrected chi connectivity index (χ0v) is 17.5. The number of thiazole rings is 1. The number of nitrogens with one attached hydrogen (secondary N) is 1. The van der Waals surface area contributed by atoms with E-state index in [0.717, 1.165) is 55.7 Å². The van der Waals surface area contributed by atoms with Gasteiger partial charge in [-0.3, -0.25) is 4.99 Å². The van der Waals surface area contributed by atoms with Crippen molar-refractivity contribution in [2.75, 3.05) is 33.9 Å². The zero-order chi connectivity index (χ0) is 17.6. The molecule has 2 rings (SSSR count). The Labute approximate surface area is 167 Å². The molecule has 0 atom stereocenters. The first kappa shape index (κ1) is 22.4. The molecule has 1 aliphatic rings. The number of aromatic nitrogens is 1. The van der Waals surface area contributed by atoms with Gasteiger partial charge >= 0.3 is 6.18 Å². The molecule has 0 amide bonds. The summed E-state index contributed by atoms with van der Waals surface area (Å²) in [6.45, 7) is 2.73. The van der Waals surface area contributed by atoms with E-state index in [1.54, 1.807) is 7.05 Å². The number of hydrogen-bond acceptors (Lipinski definition) is 4. The molecule has 25 heavy (non-hydrogen) atoms. The van der Waals surface area contributed by atoms with E-state index >= 15 is 0 Å². The van der Waals surface area contributed by atoms with E-state index < -0.39 is 11.9 Å². The maximum Gasteiger partial charge on any atom is 0.434 e. The lowest BCUT2D eigenvalue weighted by atomic mass is 9.96. The number of hydrogen-bond donors (Lipinski definition) is 1. The van der Waals surface area contributed by atoms with E-state index in [-0.39, 0.29) is 30.5 Å². The van der Waals surface area contributed by atoms with Crippen LogP contribution in [0.4, 0.5) is 13.2 Å². The Morgan fingerprint density at radius 1 is 1.44 bits per heavy atom. The highest BCUT2D eigenvalue weighted by Gasteiger charge is 2.33. The minimum absolute atomic E-state index is 0. The molecule has 5 nitrogen and oxygen atoms in total. The summed E-state index contributed by atoms with van der Waals surface area (Å²) in [7, 11) is 3.59. The zero-order valence-electron chi connectivity index (χ0n) is 14.3. The van der Waals surface area contributed by atoms with Crippen LogP contribution in [0.15, 0.2) is 10.4 Å². The van der Waals surface area contributed by atoms with E-state index in [4.69, 9.17) is 4.74 Å². The van der Waals surface area contributed by atoms with Crippen LogP contribution in [0.3, 0.4) is 0 Å². The van der Waals surface area contributed by atoms with Gasteiger partial charge in [0.15, 0.2) is 11.7 Å². The minimum atomic E-state index is -4.39. The SMILES string of the molecule is CN=C(NCc1nc(C(F)(F)F)cs1)N(C)CCC1CCOCC1.I. The highest BCUT2D eigenvalue weighted by molar-refractivity contribution is 14.0. The second-order valence-electron chi connectivity index (χ2n) is 5.79. The highest BCUT2D eigenvalue weighted by atomic mass is 127. The lowest BCUT2D eigenvalue weighted by Gasteiger charge is -2.26. The fourth-order valence-electron chi connectivity index (χ4n) is 2.58. The van der Waals surface area contributed by atoms with Gasteiger partial charge in [-0.1, -0.05) is 0 Å². The number of guanidine groups is 1. The molecule has 0 unspecified atom stereocenters. The smallest absolute Gasteiger partial charge is 0.381 e. The predicted octanol–water partition coefficient (Wildman–Crippen LogP) is 3.60.